The number of aromatic nitrogens is 2. The van der Waals surface area contributed by atoms with Crippen LogP contribution in [0.4, 0.5) is 18.9 Å². The number of hydrogen-bond acceptors (Lipinski definition) is 3. The van der Waals surface area contributed by atoms with Crippen molar-refractivity contribution < 1.29 is 18.0 Å². The van der Waals surface area contributed by atoms with E-state index in [2.05, 4.69) is 31.7 Å². The highest BCUT2D eigenvalue weighted by atomic mass is 79.9. The number of carbonyl (C=O) groups is 1. The fourth-order valence-corrected chi connectivity index (χ4v) is 4.03. The van der Waals surface area contributed by atoms with Gasteiger partial charge in [-0.25, -0.2) is 0 Å². The summed E-state index contributed by atoms with van der Waals surface area (Å²) in [6.07, 6.45) is -2.16. The zero-order valence-electron chi connectivity index (χ0n) is 15.6. The number of rotatable bonds is 7. The van der Waals surface area contributed by atoms with Crippen molar-refractivity contribution in [2.45, 2.75) is 44.8 Å². The van der Waals surface area contributed by atoms with Crippen LogP contribution in [0.5, 0.6) is 0 Å². The minimum Gasteiger partial charge on any atom is -0.362 e. The SMILES string of the molecule is CC(=O)c1cccc(NC(=S)NCCCn2nc(C(F)(F)F)c(Br)c2C2CC2)c1. The maximum absolute atomic E-state index is 13.1. The van der Waals surface area contributed by atoms with Gasteiger partial charge in [-0.05, 0) is 66.5 Å². The monoisotopic (exact) mass is 488 g/mol. The van der Waals surface area contributed by atoms with Gasteiger partial charge in [-0.2, -0.15) is 18.3 Å². The van der Waals surface area contributed by atoms with Crippen LogP contribution in [0.3, 0.4) is 0 Å². The molecule has 29 heavy (non-hydrogen) atoms. The molecule has 1 aliphatic rings. The van der Waals surface area contributed by atoms with Crippen molar-refractivity contribution in [3.63, 3.8) is 0 Å². The number of nitrogens with one attached hydrogen (secondary N) is 2. The zero-order chi connectivity index (χ0) is 21.2. The smallest absolute Gasteiger partial charge is 0.362 e. The number of hydrogen-bond donors (Lipinski definition) is 2. The molecule has 1 aromatic carbocycles. The molecule has 0 atom stereocenters. The van der Waals surface area contributed by atoms with Crippen LogP contribution in [-0.2, 0) is 12.7 Å². The third kappa shape index (κ3) is 5.57. The van der Waals surface area contributed by atoms with Crippen LogP contribution in [-0.4, -0.2) is 27.2 Å². The van der Waals surface area contributed by atoms with E-state index in [4.69, 9.17) is 12.2 Å². The van der Waals surface area contributed by atoms with Gasteiger partial charge in [0.2, 0.25) is 0 Å². The van der Waals surface area contributed by atoms with E-state index < -0.39 is 11.9 Å². The molecule has 1 fully saturated rings. The lowest BCUT2D eigenvalue weighted by Gasteiger charge is -2.12. The van der Waals surface area contributed by atoms with E-state index in [-0.39, 0.29) is 16.2 Å². The fourth-order valence-electron chi connectivity index (χ4n) is 2.97. The molecule has 0 saturated heterocycles. The van der Waals surface area contributed by atoms with Crippen LogP contribution >= 0.6 is 28.1 Å². The Morgan fingerprint density at radius 2 is 2.10 bits per heavy atom. The molecule has 5 nitrogen and oxygen atoms in total. The maximum atomic E-state index is 13.1. The van der Waals surface area contributed by atoms with E-state index in [1.165, 1.54) is 11.6 Å². The summed E-state index contributed by atoms with van der Waals surface area (Å²) in [7, 11) is 0. The summed E-state index contributed by atoms with van der Waals surface area (Å²) >= 11 is 8.33. The highest BCUT2D eigenvalue weighted by Crippen LogP contribution is 2.46. The fraction of sp³-hybridized carbons (Fsp3) is 0.421. The molecular formula is C19H20BrF3N4OS. The molecular weight excluding hydrogens is 469 g/mol. The second-order valence-electron chi connectivity index (χ2n) is 6.91. The highest BCUT2D eigenvalue weighted by molar-refractivity contribution is 9.10. The molecule has 0 bridgehead atoms. The maximum Gasteiger partial charge on any atom is 0.436 e. The average Bonchev–Trinajstić information content (AvgIpc) is 3.41. The van der Waals surface area contributed by atoms with Gasteiger partial charge in [0.05, 0.1) is 10.2 Å². The molecule has 10 heteroatoms. The number of carbonyl (C=O) groups excluding carboxylic acids is 1. The molecule has 3 rings (SSSR count). The first-order valence-corrected chi connectivity index (χ1v) is 10.4. The van der Waals surface area contributed by atoms with Gasteiger partial charge in [0.15, 0.2) is 16.6 Å². The molecule has 1 aliphatic carbocycles. The molecule has 1 saturated carbocycles. The van der Waals surface area contributed by atoms with E-state index in [1.54, 1.807) is 24.3 Å². The van der Waals surface area contributed by atoms with Crippen molar-refractivity contribution >= 4 is 44.7 Å². The van der Waals surface area contributed by atoms with Gasteiger partial charge >= 0.3 is 6.18 Å². The summed E-state index contributed by atoms with van der Waals surface area (Å²) in [5.74, 6) is 0.0971. The van der Waals surface area contributed by atoms with Gasteiger partial charge in [-0.15, -0.1) is 0 Å². The Hall–Kier alpha value is -1.94. The summed E-state index contributed by atoms with van der Waals surface area (Å²) in [4.78, 5) is 11.4. The number of alkyl halides is 3. The first-order chi connectivity index (χ1) is 13.7. The normalized spacial score (nSPS) is 14.0. The van der Waals surface area contributed by atoms with Gasteiger partial charge in [-0.1, -0.05) is 12.1 Å². The van der Waals surface area contributed by atoms with Crippen LogP contribution in [0.1, 0.15) is 53.8 Å². The number of aryl methyl sites for hydroxylation is 1. The predicted molar refractivity (Wildman–Crippen MR) is 112 cm³/mol. The third-order valence-corrected chi connectivity index (χ3v) is 5.55. The Bertz CT molecular complexity index is 925. The average molecular weight is 489 g/mol. The number of anilines is 1. The van der Waals surface area contributed by atoms with Crippen molar-refractivity contribution in [3.05, 3.63) is 45.7 Å². The van der Waals surface area contributed by atoms with Crippen molar-refractivity contribution in [1.29, 1.82) is 0 Å². The molecule has 0 unspecified atom stereocenters. The third-order valence-electron chi connectivity index (χ3n) is 4.52. The second kappa shape index (κ2) is 8.83. The number of nitrogens with zero attached hydrogens (tertiary/aromatic N) is 2. The molecule has 2 N–H and O–H groups in total. The quantitative estimate of drug-likeness (QED) is 0.321. The number of thiocarbonyl (C=S) groups is 1. The summed E-state index contributed by atoms with van der Waals surface area (Å²) in [6, 6.07) is 6.98. The number of halogens is 4. The van der Waals surface area contributed by atoms with Crippen molar-refractivity contribution in [2.75, 3.05) is 11.9 Å². The van der Waals surface area contributed by atoms with Crippen LogP contribution in [0.15, 0.2) is 28.7 Å². The number of Topliss-reactive ketones (excluding diaryl/α,β-unsaturated/α-hetero) is 1. The van der Waals surface area contributed by atoms with Crippen LogP contribution in [0.2, 0.25) is 0 Å². The molecule has 0 spiro atoms. The highest BCUT2D eigenvalue weighted by Gasteiger charge is 2.41. The standard InChI is InChI=1S/C19H20BrF3N4OS/c1-11(28)13-4-2-5-14(10-13)25-18(29)24-8-3-9-27-16(12-6-7-12)15(20)17(26-27)19(21,22)23/h2,4-5,10,12H,3,6-9H2,1H3,(H2,24,25,29). The molecule has 0 radical (unpaired) electrons. The molecule has 2 aromatic rings. The van der Waals surface area contributed by atoms with Crippen LogP contribution in [0, 0.1) is 0 Å². The summed E-state index contributed by atoms with van der Waals surface area (Å²) in [5, 5.41) is 10.2. The molecule has 1 aromatic heterocycles. The van der Waals surface area contributed by atoms with E-state index >= 15 is 0 Å². The number of benzene rings is 1. The van der Waals surface area contributed by atoms with Crippen molar-refractivity contribution in [2.24, 2.45) is 0 Å². The van der Waals surface area contributed by atoms with E-state index in [0.29, 0.717) is 41.6 Å². The molecule has 0 amide bonds. The second-order valence-corrected chi connectivity index (χ2v) is 8.12. The van der Waals surface area contributed by atoms with Gasteiger partial charge in [0, 0.05) is 30.3 Å². The van der Waals surface area contributed by atoms with Gasteiger partial charge < -0.3 is 10.6 Å². The minimum absolute atomic E-state index is 0.0393. The first-order valence-electron chi connectivity index (χ1n) is 9.16. The Labute approximate surface area is 180 Å². The lowest BCUT2D eigenvalue weighted by molar-refractivity contribution is -0.142. The van der Waals surface area contributed by atoms with Gasteiger partial charge in [0.25, 0.3) is 0 Å². The van der Waals surface area contributed by atoms with Crippen LogP contribution in [0.25, 0.3) is 0 Å². The summed E-state index contributed by atoms with van der Waals surface area (Å²) in [6.45, 7) is 2.32. The van der Waals surface area contributed by atoms with E-state index in [9.17, 15) is 18.0 Å². The topological polar surface area (TPSA) is 59.0 Å². The predicted octanol–water partition coefficient (Wildman–Crippen LogP) is 5.12. The Balaban J connectivity index is 1.54. The Morgan fingerprint density at radius 1 is 1.38 bits per heavy atom. The van der Waals surface area contributed by atoms with E-state index in [1.807, 2.05) is 0 Å². The molecule has 1 heterocycles. The first kappa shape index (κ1) is 21.8. The van der Waals surface area contributed by atoms with Crippen LogP contribution < -0.4 is 10.6 Å². The van der Waals surface area contributed by atoms with E-state index in [0.717, 1.165) is 12.8 Å². The zero-order valence-corrected chi connectivity index (χ0v) is 18.0. The molecule has 156 valence electrons. The van der Waals surface area contributed by atoms with Gasteiger partial charge in [-0.3, -0.25) is 9.48 Å². The summed E-state index contributed by atoms with van der Waals surface area (Å²) < 4.78 is 40.9. The summed E-state index contributed by atoms with van der Waals surface area (Å²) in [5.41, 5.74) is 1.03. The Kier molecular flexibility index (Phi) is 6.62. The lowest BCUT2D eigenvalue weighted by Crippen LogP contribution is -2.30. The van der Waals surface area contributed by atoms with Crippen molar-refractivity contribution in [3.8, 4) is 0 Å². The Morgan fingerprint density at radius 3 is 2.72 bits per heavy atom. The van der Waals surface area contributed by atoms with Crippen molar-refractivity contribution in [1.82, 2.24) is 15.1 Å². The largest absolute Gasteiger partial charge is 0.436 e. The van der Waals surface area contributed by atoms with Gasteiger partial charge in [0.1, 0.15) is 0 Å². The number of ketones is 1. The minimum atomic E-state index is -4.48. The molecule has 0 aliphatic heterocycles. The lowest BCUT2D eigenvalue weighted by atomic mass is 10.1.